The quantitative estimate of drug-likeness (QED) is 0.788. The molecule has 1 atom stereocenters. The lowest BCUT2D eigenvalue weighted by Crippen LogP contribution is -2.32. The summed E-state index contributed by atoms with van der Waals surface area (Å²) in [5.41, 5.74) is 0. The summed E-state index contributed by atoms with van der Waals surface area (Å²) in [6.45, 7) is 0.146. The first-order valence-corrected chi connectivity index (χ1v) is 7.63. The smallest absolute Gasteiger partial charge is 0.287 e. The standard InChI is InChI=1S/C16H15N5O5/c1-24-10-2-4-11(5-3-10)25-9-13-18-15(26-21-13)8-17-16(23)12-6-7-14(22)20-19-12/h2-7,12H,8-9H2,1H3,(H,17,23). The van der Waals surface area contributed by atoms with Crippen LogP contribution in [0.5, 0.6) is 11.5 Å². The first-order valence-electron chi connectivity index (χ1n) is 7.63. The van der Waals surface area contributed by atoms with Crippen LogP contribution in [0.2, 0.25) is 0 Å². The van der Waals surface area contributed by atoms with Gasteiger partial charge in [0.05, 0.1) is 13.7 Å². The number of carbonyl (C=O) groups excluding carboxylic acids is 2. The molecule has 1 aromatic heterocycles. The van der Waals surface area contributed by atoms with E-state index in [4.69, 9.17) is 14.0 Å². The zero-order chi connectivity index (χ0) is 18.4. The number of nitrogens with zero attached hydrogens (tertiary/aromatic N) is 4. The Labute approximate surface area is 147 Å². The minimum absolute atomic E-state index is 0.0299. The fourth-order valence-electron chi connectivity index (χ4n) is 2.01. The summed E-state index contributed by atoms with van der Waals surface area (Å²) in [7, 11) is 1.59. The fourth-order valence-corrected chi connectivity index (χ4v) is 2.01. The molecule has 10 nitrogen and oxygen atoms in total. The van der Waals surface area contributed by atoms with Gasteiger partial charge in [-0.1, -0.05) is 5.16 Å². The Kier molecular flexibility index (Phi) is 5.32. The number of hydrogen-bond donors (Lipinski definition) is 1. The number of methoxy groups -OCH3 is 1. The molecule has 134 valence electrons. The van der Waals surface area contributed by atoms with E-state index in [0.717, 1.165) is 5.75 Å². The predicted octanol–water partition coefficient (Wildman–Crippen LogP) is 1.19. The summed E-state index contributed by atoms with van der Waals surface area (Å²) in [6, 6.07) is 6.23. The monoisotopic (exact) mass is 357 g/mol. The summed E-state index contributed by atoms with van der Waals surface area (Å²) in [5.74, 6) is 1.01. The largest absolute Gasteiger partial charge is 0.497 e. The number of hydrogen-bond acceptors (Lipinski definition) is 8. The molecule has 1 aliphatic heterocycles. The molecule has 1 aliphatic rings. The Morgan fingerprint density at radius 1 is 1.27 bits per heavy atom. The third kappa shape index (κ3) is 4.50. The van der Waals surface area contributed by atoms with Crippen molar-refractivity contribution in [3.63, 3.8) is 0 Å². The Morgan fingerprint density at radius 3 is 2.73 bits per heavy atom. The van der Waals surface area contributed by atoms with E-state index in [1.807, 2.05) is 0 Å². The van der Waals surface area contributed by atoms with Gasteiger partial charge in [0, 0.05) is 6.08 Å². The van der Waals surface area contributed by atoms with E-state index in [2.05, 4.69) is 25.7 Å². The molecule has 26 heavy (non-hydrogen) atoms. The van der Waals surface area contributed by atoms with E-state index >= 15 is 0 Å². The van der Waals surface area contributed by atoms with Gasteiger partial charge in [0.15, 0.2) is 12.6 Å². The molecule has 2 aromatic rings. The van der Waals surface area contributed by atoms with Gasteiger partial charge in [-0.2, -0.15) is 10.1 Å². The van der Waals surface area contributed by atoms with Crippen LogP contribution in [0, 0.1) is 0 Å². The van der Waals surface area contributed by atoms with Crippen LogP contribution in [0.4, 0.5) is 0 Å². The van der Waals surface area contributed by atoms with Crippen LogP contribution in [-0.2, 0) is 22.7 Å². The normalized spacial score (nSPS) is 15.7. The minimum Gasteiger partial charge on any atom is -0.497 e. The molecule has 1 N–H and O–H groups in total. The molecule has 0 fully saturated rings. The lowest BCUT2D eigenvalue weighted by molar-refractivity contribution is -0.121. The molecule has 1 aromatic carbocycles. The van der Waals surface area contributed by atoms with E-state index in [1.54, 1.807) is 31.4 Å². The zero-order valence-electron chi connectivity index (χ0n) is 13.8. The van der Waals surface area contributed by atoms with Crippen molar-refractivity contribution in [3.8, 4) is 11.5 Å². The summed E-state index contributed by atoms with van der Waals surface area (Å²) in [6.07, 6.45) is 2.56. The van der Waals surface area contributed by atoms with Gasteiger partial charge in [-0.3, -0.25) is 9.59 Å². The second-order valence-corrected chi connectivity index (χ2v) is 5.14. The minimum atomic E-state index is -0.839. The Balaban J connectivity index is 1.47. The van der Waals surface area contributed by atoms with E-state index < -0.39 is 17.9 Å². The molecule has 0 saturated heterocycles. The maximum absolute atomic E-state index is 11.9. The topological polar surface area (TPSA) is 128 Å². The number of carbonyl (C=O) groups is 2. The van der Waals surface area contributed by atoms with Gasteiger partial charge in [0.25, 0.3) is 11.8 Å². The first kappa shape index (κ1) is 17.3. The highest BCUT2D eigenvalue weighted by Gasteiger charge is 2.19. The summed E-state index contributed by atoms with van der Waals surface area (Å²) in [5, 5.41) is 13.3. The van der Waals surface area contributed by atoms with Crippen LogP contribution in [-0.4, -0.2) is 35.1 Å². The van der Waals surface area contributed by atoms with Crippen molar-refractivity contribution in [3.05, 3.63) is 48.1 Å². The SMILES string of the molecule is COc1ccc(OCc2noc(CNC(=O)C3C=CC(=O)N=N3)n2)cc1. The molecule has 1 unspecified atom stereocenters. The number of azo groups is 1. The lowest BCUT2D eigenvalue weighted by atomic mass is 10.2. The maximum Gasteiger partial charge on any atom is 0.287 e. The van der Waals surface area contributed by atoms with E-state index in [-0.39, 0.29) is 19.0 Å². The van der Waals surface area contributed by atoms with Crippen molar-refractivity contribution in [1.29, 1.82) is 0 Å². The number of rotatable bonds is 7. The molecule has 0 spiro atoms. The summed E-state index contributed by atoms with van der Waals surface area (Å²) >= 11 is 0. The Morgan fingerprint density at radius 2 is 2.04 bits per heavy atom. The highest BCUT2D eigenvalue weighted by atomic mass is 16.5. The second-order valence-electron chi connectivity index (χ2n) is 5.14. The average Bonchev–Trinajstić information content (AvgIpc) is 3.13. The lowest BCUT2D eigenvalue weighted by Gasteiger charge is -2.07. The molecular weight excluding hydrogens is 342 g/mol. The molecule has 2 amide bonds. The summed E-state index contributed by atoms with van der Waals surface area (Å²) < 4.78 is 15.6. The van der Waals surface area contributed by atoms with Gasteiger partial charge in [-0.25, -0.2) is 0 Å². The number of amides is 2. The predicted molar refractivity (Wildman–Crippen MR) is 86.3 cm³/mol. The van der Waals surface area contributed by atoms with Gasteiger partial charge < -0.3 is 19.3 Å². The molecule has 3 rings (SSSR count). The van der Waals surface area contributed by atoms with Crippen LogP contribution in [0.3, 0.4) is 0 Å². The van der Waals surface area contributed by atoms with E-state index in [9.17, 15) is 9.59 Å². The number of benzene rings is 1. The van der Waals surface area contributed by atoms with Crippen LogP contribution in [0.15, 0.2) is 51.2 Å². The van der Waals surface area contributed by atoms with Crippen LogP contribution in [0.1, 0.15) is 11.7 Å². The summed E-state index contributed by atoms with van der Waals surface area (Å²) in [4.78, 5) is 26.9. The van der Waals surface area contributed by atoms with Crippen molar-refractivity contribution < 1.29 is 23.6 Å². The second kappa shape index (κ2) is 8.01. The van der Waals surface area contributed by atoms with Crippen LogP contribution in [0.25, 0.3) is 0 Å². The Bertz CT molecular complexity index is 827. The van der Waals surface area contributed by atoms with Crippen LogP contribution < -0.4 is 14.8 Å². The third-order valence-electron chi connectivity index (χ3n) is 3.32. The van der Waals surface area contributed by atoms with Crippen LogP contribution >= 0.6 is 0 Å². The van der Waals surface area contributed by atoms with E-state index in [1.165, 1.54) is 12.2 Å². The molecular formula is C16H15N5O5. The Hall–Kier alpha value is -3.56. The van der Waals surface area contributed by atoms with Crippen molar-refractivity contribution in [2.24, 2.45) is 10.2 Å². The van der Waals surface area contributed by atoms with Crippen molar-refractivity contribution in [2.75, 3.05) is 7.11 Å². The number of aromatic nitrogens is 2. The molecule has 0 saturated carbocycles. The average molecular weight is 357 g/mol. The van der Waals surface area contributed by atoms with Gasteiger partial charge in [-0.15, -0.1) is 5.11 Å². The van der Waals surface area contributed by atoms with Gasteiger partial charge in [0.2, 0.25) is 11.7 Å². The number of nitrogens with one attached hydrogen (secondary N) is 1. The van der Waals surface area contributed by atoms with Gasteiger partial charge in [-0.05, 0) is 30.3 Å². The highest BCUT2D eigenvalue weighted by Crippen LogP contribution is 2.17. The molecule has 0 aliphatic carbocycles. The van der Waals surface area contributed by atoms with Crippen molar-refractivity contribution in [1.82, 2.24) is 15.5 Å². The first-order chi connectivity index (χ1) is 12.6. The molecule has 0 bridgehead atoms. The zero-order valence-corrected chi connectivity index (χ0v) is 13.8. The molecule has 0 radical (unpaired) electrons. The molecule has 10 heteroatoms. The van der Waals surface area contributed by atoms with Crippen molar-refractivity contribution in [2.45, 2.75) is 19.2 Å². The van der Waals surface area contributed by atoms with Crippen molar-refractivity contribution >= 4 is 11.8 Å². The molecule has 2 heterocycles. The highest BCUT2D eigenvalue weighted by molar-refractivity contribution is 5.92. The van der Waals surface area contributed by atoms with Gasteiger partial charge >= 0.3 is 0 Å². The van der Waals surface area contributed by atoms with E-state index in [0.29, 0.717) is 11.6 Å². The third-order valence-corrected chi connectivity index (χ3v) is 3.32. The van der Waals surface area contributed by atoms with Gasteiger partial charge in [0.1, 0.15) is 11.5 Å². The number of ether oxygens (including phenoxy) is 2. The fraction of sp³-hybridized carbons (Fsp3) is 0.250. The maximum atomic E-state index is 11.9.